The van der Waals surface area contributed by atoms with E-state index in [0.29, 0.717) is 19.5 Å². The Balaban J connectivity index is 0. The minimum atomic E-state index is 0. The van der Waals surface area contributed by atoms with Crippen molar-refractivity contribution in [3.63, 3.8) is 0 Å². The minimum absolute atomic E-state index is 0. The Morgan fingerprint density at radius 2 is 2.25 bits per heavy atom. The Bertz CT molecular complexity index is 51.3. The highest BCUT2D eigenvalue weighted by atomic mass is 127. The summed E-state index contributed by atoms with van der Waals surface area (Å²) in [5.74, 6) is 0. The molecule has 1 amide bonds. The second-order valence-electron chi connectivity index (χ2n) is 1.21. The summed E-state index contributed by atoms with van der Waals surface area (Å²) in [5.41, 5.74) is 5.11. The van der Waals surface area contributed by atoms with Crippen LogP contribution in [0.25, 0.3) is 0 Å². The number of carbonyl (C=O) groups is 1. The van der Waals surface area contributed by atoms with Gasteiger partial charge in [0, 0.05) is 6.54 Å². The summed E-state index contributed by atoms with van der Waals surface area (Å²) in [7, 11) is 0. The first-order valence-electron chi connectivity index (χ1n) is 2.29. The van der Waals surface area contributed by atoms with Crippen molar-refractivity contribution in [3.05, 3.63) is 0 Å². The fourth-order valence-electron chi connectivity index (χ4n) is 0.263. The van der Waals surface area contributed by atoms with Gasteiger partial charge in [-0.2, -0.15) is 0 Å². The zero-order valence-electron chi connectivity index (χ0n) is 4.59. The van der Waals surface area contributed by atoms with Gasteiger partial charge in [-0.1, -0.05) is 0 Å². The average Bonchev–Trinajstić information content (AvgIpc) is 1.69. The third-order valence-corrected chi connectivity index (χ3v) is 0.609. The Hall–Kier alpha value is 0.160. The van der Waals surface area contributed by atoms with Crippen molar-refractivity contribution in [3.8, 4) is 0 Å². The van der Waals surface area contributed by atoms with Gasteiger partial charge in [0.1, 0.15) is 0 Å². The molecule has 0 unspecified atom stereocenters. The van der Waals surface area contributed by atoms with Gasteiger partial charge in [0.25, 0.3) is 0 Å². The van der Waals surface area contributed by atoms with Gasteiger partial charge in [-0.3, -0.25) is 4.79 Å². The largest absolute Gasteiger partial charge is 0.359 e. The molecule has 0 bridgehead atoms. The summed E-state index contributed by atoms with van der Waals surface area (Å²) in [5, 5.41) is 2.49. The first kappa shape index (κ1) is 11.0. The molecule has 8 heavy (non-hydrogen) atoms. The Morgan fingerprint density at radius 3 is 2.62 bits per heavy atom. The van der Waals surface area contributed by atoms with Crippen molar-refractivity contribution in [2.24, 2.45) is 5.73 Å². The summed E-state index contributed by atoms with van der Waals surface area (Å²) >= 11 is 0. The SMILES string of the molecule is I.NCCCNC=O. The molecule has 0 aliphatic carbocycles. The van der Waals surface area contributed by atoms with Crippen molar-refractivity contribution < 1.29 is 4.79 Å². The maximum Gasteiger partial charge on any atom is 0.207 e. The highest BCUT2D eigenvalue weighted by Crippen LogP contribution is 1.63. The Morgan fingerprint density at radius 1 is 1.62 bits per heavy atom. The maximum atomic E-state index is 9.53. The second kappa shape index (κ2) is 10.2. The van der Waals surface area contributed by atoms with Gasteiger partial charge in [-0.05, 0) is 13.0 Å². The molecule has 0 fully saturated rings. The molecule has 3 N–H and O–H groups in total. The van der Waals surface area contributed by atoms with Gasteiger partial charge >= 0.3 is 0 Å². The van der Waals surface area contributed by atoms with Crippen LogP contribution in [0.4, 0.5) is 0 Å². The van der Waals surface area contributed by atoms with Crippen LogP contribution in [0, 0.1) is 0 Å². The smallest absolute Gasteiger partial charge is 0.207 e. The number of hydrogen-bond donors (Lipinski definition) is 2. The molecule has 0 aliphatic rings. The van der Waals surface area contributed by atoms with E-state index in [1.54, 1.807) is 0 Å². The molecular weight excluding hydrogens is 219 g/mol. The maximum absolute atomic E-state index is 9.53. The molecule has 0 aliphatic heterocycles. The van der Waals surface area contributed by atoms with Crippen LogP contribution in [0.2, 0.25) is 0 Å². The van der Waals surface area contributed by atoms with Crippen LogP contribution in [0.5, 0.6) is 0 Å². The topological polar surface area (TPSA) is 55.1 Å². The predicted molar refractivity (Wildman–Crippen MR) is 43.2 cm³/mol. The van der Waals surface area contributed by atoms with Crippen molar-refractivity contribution in [2.45, 2.75) is 6.42 Å². The van der Waals surface area contributed by atoms with Gasteiger partial charge in [0.2, 0.25) is 6.41 Å². The lowest BCUT2D eigenvalue weighted by Crippen LogP contribution is -2.15. The summed E-state index contributed by atoms with van der Waals surface area (Å²) < 4.78 is 0. The highest BCUT2D eigenvalue weighted by molar-refractivity contribution is 14.0. The van der Waals surface area contributed by atoms with E-state index in [1.165, 1.54) is 0 Å². The van der Waals surface area contributed by atoms with Crippen LogP contribution in [0.3, 0.4) is 0 Å². The van der Waals surface area contributed by atoms with E-state index in [9.17, 15) is 4.79 Å². The normalized spacial score (nSPS) is 7.12. The molecule has 0 saturated carbocycles. The molecule has 0 aromatic heterocycles. The lowest BCUT2D eigenvalue weighted by molar-refractivity contribution is -0.109. The van der Waals surface area contributed by atoms with Gasteiger partial charge in [0.15, 0.2) is 0 Å². The van der Waals surface area contributed by atoms with E-state index in [0.717, 1.165) is 6.42 Å². The molecule has 0 aromatic carbocycles. The van der Waals surface area contributed by atoms with E-state index in [1.807, 2.05) is 0 Å². The van der Waals surface area contributed by atoms with Crippen molar-refractivity contribution in [2.75, 3.05) is 13.1 Å². The highest BCUT2D eigenvalue weighted by Gasteiger charge is 1.76. The van der Waals surface area contributed by atoms with Crippen LogP contribution < -0.4 is 11.1 Å². The van der Waals surface area contributed by atoms with Gasteiger partial charge < -0.3 is 11.1 Å². The molecule has 0 aromatic rings. The third-order valence-electron chi connectivity index (χ3n) is 0.609. The van der Waals surface area contributed by atoms with E-state index in [2.05, 4.69) is 5.32 Å². The molecule has 0 spiro atoms. The van der Waals surface area contributed by atoms with E-state index in [-0.39, 0.29) is 24.0 Å². The van der Waals surface area contributed by atoms with Crippen molar-refractivity contribution >= 4 is 30.4 Å². The molecule has 0 radical (unpaired) electrons. The quantitative estimate of drug-likeness (QED) is 0.395. The molecule has 0 saturated heterocycles. The Labute approximate surface area is 66.0 Å². The van der Waals surface area contributed by atoms with Crippen molar-refractivity contribution in [1.29, 1.82) is 0 Å². The summed E-state index contributed by atoms with van der Waals surface area (Å²) in [4.78, 5) is 9.53. The fourth-order valence-corrected chi connectivity index (χ4v) is 0.263. The molecule has 50 valence electrons. The molecule has 0 heterocycles. The standard InChI is InChI=1S/C4H10N2O.HI/c5-2-1-3-6-4-7;/h4H,1-3,5H2,(H,6,7);1H. The van der Waals surface area contributed by atoms with Crippen LogP contribution >= 0.6 is 24.0 Å². The zero-order valence-corrected chi connectivity index (χ0v) is 6.92. The van der Waals surface area contributed by atoms with E-state index < -0.39 is 0 Å². The van der Waals surface area contributed by atoms with Crippen molar-refractivity contribution in [1.82, 2.24) is 5.32 Å². The van der Waals surface area contributed by atoms with E-state index >= 15 is 0 Å². The van der Waals surface area contributed by atoms with Gasteiger partial charge in [-0.15, -0.1) is 24.0 Å². The number of nitrogens with one attached hydrogen (secondary N) is 1. The summed E-state index contributed by atoms with van der Waals surface area (Å²) in [6, 6.07) is 0. The third kappa shape index (κ3) is 9.48. The predicted octanol–water partition coefficient (Wildman–Crippen LogP) is -0.301. The van der Waals surface area contributed by atoms with Gasteiger partial charge in [-0.25, -0.2) is 0 Å². The Kier molecular flexibility index (Phi) is 14.1. The number of rotatable bonds is 4. The average molecular weight is 230 g/mol. The van der Waals surface area contributed by atoms with Crippen LogP contribution in [-0.2, 0) is 4.79 Å². The lowest BCUT2D eigenvalue weighted by Gasteiger charge is -1.90. The fraction of sp³-hybridized carbons (Fsp3) is 0.750. The second-order valence-corrected chi connectivity index (χ2v) is 1.21. The minimum Gasteiger partial charge on any atom is -0.359 e. The molecular formula is C4H11IN2O. The van der Waals surface area contributed by atoms with Crippen LogP contribution in [0.15, 0.2) is 0 Å². The summed E-state index contributed by atoms with van der Waals surface area (Å²) in [6.45, 7) is 1.33. The summed E-state index contributed by atoms with van der Waals surface area (Å²) in [6.07, 6.45) is 1.54. The number of nitrogens with two attached hydrogens (primary N) is 1. The number of carbonyl (C=O) groups excluding carboxylic acids is 1. The number of amides is 1. The zero-order chi connectivity index (χ0) is 5.54. The van der Waals surface area contributed by atoms with E-state index in [4.69, 9.17) is 5.73 Å². The monoisotopic (exact) mass is 230 g/mol. The molecule has 3 nitrogen and oxygen atoms in total. The van der Waals surface area contributed by atoms with Crippen LogP contribution in [0.1, 0.15) is 6.42 Å². The first-order chi connectivity index (χ1) is 3.41. The van der Waals surface area contributed by atoms with Crippen LogP contribution in [-0.4, -0.2) is 19.5 Å². The number of hydrogen-bond acceptors (Lipinski definition) is 2. The molecule has 0 rings (SSSR count). The first-order valence-corrected chi connectivity index (χ1v) is 2.29. The molecule has 0 atom stereocenters. The van der Waals surface area contributed by atoms with Gasteiger partial charge in [0.05, 0.1) is 0 Å². The molecule has 4 heteroatoms. The lowest BCUT2D eigenvalue weighted by atomic mass is 10.4. The number of halogens is 1.